The van der Waals surface area contributed by atoms with Gasteiger partial charge in [0.15, 0.2) is 0 Å². The standard InChI is InChI=1S/C10H9Br/c11-7-8-5-9-3-1-2-4-10(9)6-8/h1-4,7H,5-6H2. The summed E-state index contributed by atoms with van der Waals surface area (Å²) in [5.41, 5.74) is 4.45. The second kappa shape index (κ2) is 2.82. The van der Waals surface area contributed by atoms with Crippen molar-refractivity contribution in [3.05, 3.63) is 46.0 Å². The topological polar surface area (TPSA) is 0 Å². The Morgan fingerprint density at radius 1 is 1.09 bits per heavy atom. The molecule has 0 fully saturated rings. The van der Waals surface area contributed by atoms with E-state index in [1.807, 2.05) is 4.99 Å². The Balaban J connectivity index is 2.41. The van der Waals surface area contributed by atoms with Crippen molar-refractivity contribution in [1.82, 2.24) is 0 Å². The highest BCUT2D eigenvalue weighted by atomic mass is 79.9. The Morgan fingerprint density at radius 2 is 1.64 bits per heavy atom. The van der Waals surface area contributed by atoms with Gasteiger partial charge in [-0.2, -0.15) is 0 Å². The molecule has 1 heteroatoms. The molecule has 0 saturated heterocycles. The van der Waals surface area contributed by atoms with Crippen LogP contribution in [0.15, 0.2) is 34.8 Å². The molecule has 11 heavy (non-hydrogen) atoms. The van der Waals surface area contributed by atoms with Gasteiger partial charge in [0.1, 0.15) is 0 Å². The fourth-order valence-electron chi connectivity index (χ4n) is 1.53. The van der Waals surface area contributed by atoms with Gasteiger partial charge in [0, 0.05) is 0 Å². The Labute approximate surface area is 75.1 Å². The quantitative estimate of drug-likeness (QED) is 0.615. The molecule has 0 saturated carbocycles. The molecule has 0 atom stereocenters. The zero-order valence-corrected chi connectivity index (χ0v) is 7.76. The van der Waals surface area contributed by atoms with E-state index in [2.05, 4.69) is 40.2 Å². The summed E-state index contributed by atoms with van der Waals surface area (Å²) in [7, 11) is 0. The minimum Gasteiger partial charge on any atom is -0.0620 e. The third-order valence-electron chi connectivity index (χ3n) is 2.11. The second-order valence-corrected chi connectivity index (χ2v) is 3.35. The lowest BCUT2D eigenvalue weighted by Gasteiger charge is -1.92. The van der Waals surface area contributed by atoms with E-state index in [1.54, 1.807) is 0 Å². The molecule has 0 unspecified atom stereocenters. The minimum absolute atomic E-state index is 1.13. The molecule has 1 aromatic carbocycles. The summed E-state index contributed by atoms with van der Waals surface area (Å²) in [5, 5.41) is 0. The molecular weight excluding hydrogens is 200 g/mol. The highest BCUT2D eigenvalue weighted by Crippen LogP contribution is 2.26. The lowest BCUT2D eigenvalue weighted by molar-refractivity contribution is 1.18. The molecular formula is C10H9Br. The molecule has 0 heterocycles. The third-order valence-corrected chi connectivity index (χ3v) is 2.76. The van der Waals surface area contributed by atoms with E-state index >= 15 is 0 Å². The first-order chi connectivity index (χ1) is 5.40. The van der Waals surface area contributed by atoms with Crippen molar-refractivity contribution < 1.29 is 0 Å². The van der Waals surface area contributed by atoms with E-state index in [0.29, 0.717) is 0 Å². The number of rotatable bonds is 0. The molecule has 56 valence electrons. The second-order valence-electron chi connectivity index (χ2n) is 2.89. The summed E-state index contributed by atoms with van der Waals surface area (Å²) >= 11 is 3.37. The maximum absolute atomic E-state index is 3.37. The summed E-state index contributed by atoms with van der Waals surface area (Å²) < 4.78 is 0. The third kappa shape index (κ3) is 1.25. The first-order valence-electron chi connectivity index (χ1n) is 3.75. The lowest BCUT2D eigenvalue weighted by atomic mass is 10.1. The molecule has 0 N–H and O–H groups in total. The van der Waals surface area contributed by atoms with Crippen molar-refractivity contribution in [2.75, 3.05) is 0 Å². The molecule has 1 aromatic rings. The Morgan fingerprint density at radius 3 is 2.09 bits per heavy atom. The largest absolute Gasteiger partial charge is 0.0620 e. The van der Waals surface area contributed by atoms with Gasteiger partial charge in [-0.3, -0.25) is 0 Å². The fourth-order valence-corrected chi connectivity index (χ4v) is 1.86. The Bertz CT molecular complexity index is 272. The number of hydrogen-bond acceptors (Lipinski definition) is 0. The van der Waals surface area contributed by atoms with Crippen LogP contribution in [0.2, 0.25) is 0 Å². The van der Waals surface area contributed by atoms with Crippen LogP contribution < -0.4 is 0 Å². The Hall–Kier alpha value is -0.560. The molecule has 1 aliphatic carbocycles. The average molecular weight is 209 g/mol. The maximum atomic E-state index is 3.37. The van der Waals surface area contributed by atoms with Crippen molar-refractivity contribution in [2.45, 2.75) is 12.8 Å². The van der Waals surface area contributed by atoms with Crippen LogP contribution in [0.4, 0.5) is 0 Å². The van der Waals surface area contributed by atoms with Gasteiger partial charge in [-0.15, -0.1) is 0 Å². The highest BCUT2D eigenvalue weighted by molar-refractivity contribution is 9.11. The van der Waals surface area contributed by atoms with E-state index in [0.717, 1.165) is 12.8 Å². The van der Waals surface area contributed by atoms with Gasteiger partial charge in [-0.25, -0.2) is 0 Å². The fraction of sp³-hybridized carbons (Fsp3) is 0.200. The van der Waals surface area contributed by atoms with E-state index < -0.39 is 0 Å². The number of halogens is 1. The monoisotopic (exact) mass is 208 g/mol. The molecule has 0 spiro atoms. The molecule has 0 amide bonds. The summed E-state index contributed by atoms with van der Waals surface area (Å²) in [6.07, 6.45) is 2.25. The van der Waals surface area contributed by atoms with Crippen molar-refractivity contribution >= 4 is 15.9 Å². The number of benzene rings is 1. The van der Waals surface area contributed by atoms with Crippen molar-refractivity contribution in [3.63, 3.8) is 0 Å². The summed E-state index contributed by atoms with van der Waals surface area (Å²) in [6, 6.07) is 8.63. The Kier molecular flexibility index (Phi) is 1.82. The molecule has 0 bridgehead atoms. The first kappa shape index (κ1) is 7.11. The van der Waals surface area contributed by atoms with Crippen LogP contribution in [-0.2, 0) is 12.8 Å². The predicted molar refractivity (Wildman–Crippen MR) is 50.9 cm³/mol. The van der Waals surface area contributed by atoms with Crippen LogP contribution in [0.1, 0.15) is 11.1 Å². The van der Waals surface area contributed by atoms with E-state index in [9.17, 15) is 0 Å². The van der Waals surface area contributed by atoms with Gasteiger partial charge >= 0.3 is 0 Å². The van der Waals surface area contributed by atoms with Gasteiger partial charge in [0.05, 0.1) is 0 Å². The number of allylic oxidation sites excluding steroid dienone is 1. The lowest BCUT2D eigenvalue weighted by Crippen LogP contribution is -1.77. The SMILES string of the molecule is BrC=C1Cc2ccccc2C1. The van der Waals surface area contributed by atoms with Crippen LogP contribution in [-0.4, -0.2) is 0 Å². The highest BCUT2D eigenvalue weighted by Gasteiger charge is 2.12. The smallest absolute Gasteiger partial charge is 0.00527 e. The first-order valence-corrected chi connectivity index (χ1v) is 4.66. The summed E-state index contributed by atoms with van der Waals surface area (Å²) in [5.74, 6) is 0. The van der Waals surface area contributed by atoms with Gasteiger partial charge in [-0.1, -0.05) is 45.8 Å². The minimum atomic E-state index is 1.13. The number of fused-ring (bicyclic) bond motifs is 1. The number of hydrogen-bond donors (Lipinski definition) is 0. The van der Waals surface area contributed by atoms with Crippen molar-refractivity contribution in [1.29, 1.82) is 0 Å². The molecule has 0 aliphatic heterocycles. The van der Waals surface area contributed by atoms with Gasteiger partial charge in [0.2, 0.25) is 0 Å². The van der Waals surface area contributed by atoms with Crippen LogP contribution in [0.3, 0.4) is 0 Å². The summed E-state index contributed by atoms with van der Waals surface area (Å²) in [4.78, 5) is 2.05. The van der Waals surface area contributed by atoms with Crippen molar-refractivity contribution in [3.8, 4) is 0 Å². The summed E-state index contributed by atoms with van der Waals surface area (Å²) in [6.45, 7) is 0. The molecule has 0 nitrogen and oxygen atoms in total. The van der Waals surface area contributed by atoms with Crippen LogP contribution in [0, 0.1) is 0 Å². The van der Waals surface area contributed by atoms with Gasteiger partial charge in [0.25, 0.3) is 0 Å². The zero-order chi connectivity index (χ0) is 7.68. The normalized spacial score (nSPS) is 14.8. The zero-order valence-electron chi connectivity index (χ0n) is 6.18. The molecule has 2 rings (SSSR count). The van der Waals surface area contributed by atoms with Gasteiger partial charge < -0.3 is 0 Å². The van der Waals surface area contributed by atoms with Gasteiger partial charge in [-0.05, 0) is 29.0 Å². The van der Waals surface area contributed by atoms with Crippen LogP contribution in [0.25, 0.3) is 0 Å². The van der Waals surface area contributed by atoms with Crippen LogP contribution >= 0.6 is 15.9 Å². The maximum Gasteiger partial charge on any atom is -0.00527 e. The molecule has 0 aromatic heterocycles. The average Bonchev–Trinajstić information content (AvgIpc) is 2.46. The van der Waals surface area contributed by atoms with E-state index in [4.69, 9.17) is 0 Å². The predicted octanol–water partition coefficient (Wildman–Crippen LogP) is 3.06. The molecule has 0 radical (unpaired) electrons. The van der Waals surface area contributed by atoms with Crippen LogP contribution in [0.5, 0.6) is 0 Å². The van der Waals surface area contributed by atoms with Crippen molar-refractivity contribution in [2.24, 2.45) is 0 Å². The molecule has 1 aliphatic rings. The van der Waals surface area contributed by atoms with E-state index in [1.165, 1.54) is 16.7 Å². The van der Waals surface area contributed by atoms with E-state index in [-0.39, 0.29) is 0 Å².